The lowest BCUT2D eigenvalue weighted by atomic mass is 10.2. The molecule has 1 heterocycles. The highest BCUT2D eigenvalue weighted by Gasteiger charge is 2.07. The van der Waals surface area contributed by atoms with E-state index in [0.29, 0.717) is 22.8 Å². The van der Waals surface area contributed by atoms with Crippen molar-refractivity contribution < 1.29 is 4.79 Å². The first-order valence-corrected chi connectivity index (χ1v) is 7.74. The Morgan fingerprint density at radius 2 is 2.33 bits per heavy atom. The summed E-state index contributed by atoms with van der Waals surface area (Å²) in [6.45, 7) is 0. The molecule has 0 saturated heterocycles. The van der Waals surface area contributed by atoms with Gasteiger partial charge in [-0.05, 0) is 24.6 Å². The molecule has 112 valence electrons. The predicted octanol–water partition coefficient (Wildman–Crippen LogP) is 2.56. The van der Waals surface area contributed by atoms with Crippen LogP contribution in [-0.4, -0.2) is 26.4 Å². The minimum Gasteiger partial charge on any atom is -0.397 e. The Bertz CT molecular complexity index is 631. The van der Waals surface area contributed by atoms with E-state index in [1.807, 2.05) is 11.6 Å². The molecule has 0 aliphatic heterocycles. The molecule has 21 heavy (non-hydrogen) atoms. The van der Waals surface area contributed by atoms with Gasteiger partial charge >= 0.3 is 0 Å². The Morgan fingerprint density at radius 1 is 1.52 bits per heavy atom. The quantitative estimate of drug-likeness (QED) is 0.484. The zero-order valence-electron chi connectivity index (χ0n) is 11.5. The number of benzene rings is 1. The lowest BCUT2D eigenvalue weighted by Crippen LogP contribution is -2.12. The first kappa shape index (κ1) is 15.7. The van der Waals surface area contributed by atoms with Crippen LogP contribution in [0.5, 0.6) is 0 Å². The largest absolute Gasteiger partial charge is 0.397 e. The maximum absolute atomic E-state index is 11.8. The van der Waals surface area contributed by atoms with Gasteiger partial charge in [0.25, 0.3) is 0 Å². The lowest BCUT2D eigenvalue weighted by molar-refractivity contribution is -0.116. The van der Waals surface area contributed by atoms with Crippen molar-refractivity contribution in [1.82, 2.24) is 14.8 Å². The first-order valence-electron chi connectivity index (χ1n) is 6.38. The SMILES string of the molecule is Cn1cnnc1SCCCC(=O)Nc1ccc(Cl)cc1N. The van der Waals surface area contributed by atoms with Crippen LogP contribution in [0.3, 0.4) is 0 Å². The second-order valence-electron chi connectivity index (χ2n) is 4.46. The summed E-state index contributed by atoms with van der Waals surface area (Å²) in [5.41, 5.74) is 6.83. The molecule has 0 fully saturated rings. The molecule has 0 radical (unpaired) electrons. The van der Waals surface area contributed by atoms with Crippen LogP contribution in [-0.2, 0) is 11.8 Å². The molecule has 1 amide bonds. The molecule has 6 nitrogen and oxygen atoms in total. The summed E-state index contributed by atoms with van der Waals surface area (Å²) in [6, 6.07) is 5.00. The number of nitrogen functional groups attached to an aromatic ring is 1. The van der Waals surface area contributed by atoms with Gasteiger partial charge in [0, 0.05) is 24.2 Å². The number of nitrogens with zero attached hydrogens (tertiary/aromatic N) is 3. The number of aromatic nitrogens is 3. The number of anilines is 2. The van der Waals surface area contributed by atoms with E-state index in [0.717, 1.165) is 17.3 Å². The fraction of sp³-hybridized carbons (Fsp3) is 0.308. The third-order valence-electron chi connectivity index (χ3n) is 2.74. The lowest BCUT2D eigenvalue weighted by Gasteiger charge is -2.08. The van der Waals surface area contributed by atoms with E-state index < -0.39 is 0 Å². The van der Waals surface area contributed by atoms with Crippen molar-refractivity contribution >= 4 is 40.6 Å². The molecule has 3 N–H and O–H groups in total. The van der Waals surface area contributed by atoms with Crippen LogP contribution in [0.4, 0.5) is 11.4 Å². The summed E-state index contributed by atoms with van der Waals surface area (Å²) < 4.78 is 1.85. The standard InChI is InChI=1S/C13H16ClN5OS/c1-19-8-16-18-13(19)21-6-2-3-12(20)17-11-5-4-9(14)7-10(11)15/h4-5,7-8H,2-3,6,15H2,1H3,(H,17,20). The number of rotatable bonds is 6. The summed E-state index contributed by atoms with van der Waals surface area (Å²) in [5.74, 6) is 0.735. The van der Waals surface area contributed by atoms with Gasteiger partial charge in [0.1, 0.15) is 6.33 Å². The number of hydrogen-bond donors (Lipinski definition) is 2. The normalized spacial score (nSPS) is 10.6. The Balaban J connectivity index is 1.73. The van der Waals surface area contributed by atoms with Gasteiger partial charge in [-0.15, -0.1) is 10.2 Å². The molecule has 0 aliphatic rings. The summed E-state index contributed by atoms with van der Waals surface area (Å²) in [7, 11) is 1.89. The topological polar surface area (TPSA) is 85.8 Å². The van der Waals surface area contributed by atoms with Crippen LogP contribution >= 0.6 is 23.4 Å². The van der Waals surface area contributed by atoms with Crippen LogP contribution in [0.25, 0.3) is 0 Å². The van der Waals surface area contributed by atoms with E-state index in [1.54, 1.807) is 36.3 Å². The fourth-order valence-corrected chi connectivity index (χ4v) is 2.67. The second-order valence-corrected chi connectivity index (χ2v) is 5.95. The number of aryl methyl sites for hydroxylation is 1. The van der Waals surface area contributed by atoms with Crippen molar-refractivity contribution in [2.75, 3.05) is 16.8 Å². The molecule has 2 rings (SSSR count). The Labute approximate surface area is 132 Å². The summed E-state index contributed by atoms with van der Waals surface area (Å²) in [6.07, 6.45) is 2.82. The van der Waals surface area contributed by atoms with E-state index in [9.17, 15) is 4.79 Å². The number of carbonyl (C=O) groups excluding carboxylic acids is 1. The van der Waals surface area contributed by atoms with Crippen LogP contribution < -0.4 is 11.1 Å². The smallest absolute Gasteiger partial charge is 0.224 e. The minimum absolute atomic E-state index is 0.0670. The first-order chi connectivity index (χ1) is 10.1. The van der Waals surface area contributed by atoms with Gasteiger partial charge in [-0.2, -0.15) is 0 Å². The van der Waals surface area contributed by atoms with Gasteiger partial charge in [0.2, 0.25) is 5.91 Å². The van der Waals surface area contributed by atoms with Crippen molar-refractivity contribution in [2.24, 2.45) is 7.05 Å². The molecule has 0 unspecified atom stereocenters. The molecule has 0 bridgehead atoms. The third-order valence-corrected chi connectivity index (χ3v) is 4.09. The van der Waals surface area contributed by atoms with Crippen molar-refractivity contribution in [1.29, 1.82) is 0 Å². The summed E-state index contributed by atoms with van der Waals surface area (Å²) in [5, 5.41) is 11.9. The minimum atomic E-state index is -0.0670. The molecule has 0 atom stereocenters. The number of amides is 1. The van der Waals surface area contributed by atoms with Gasteiger partial charge in [-0.3, -0.25) is 4.79 Å². The maximum Gasteiger partial charge on any atom is 0.224 e. The number of hydrogen-bond acceptors (Lipinski definition) is 5. The molecular weight excluding hydrogens is 310 g/mol. The van der Waals surface area contributed by atoms with Crippen molar-refractivity contribution in [2.45, 2.75) is 18.0 Å². The van der Waals surface area contributed by atoms with Gasteiger partial charge in [-0.1, -0.05) is 23.4 Å². The molecule has 1 aromatic carbocycles. The average Bonchev–Trinajstić information content (AvgIpc) is 2.84. The molecule has 2 aromatic rings. The highest BCUT2D eigenvalue weighted by atomic mass is 35.5. The Hall–Kier alpha value is -1.73. The zero-order chi connectivity index (χ0) is 15.2. The molecule has 0 spiro atoms. The van der Waals surface area contributed by atoms with Crippen molar-refractivity contribution in [3.8, 4) is 0 Å². The van der Waals surface area contributed by atoms with Gasteiger partial charge in [0.05, 0.1) is 11.4 Å². The highest BCUT2D eigenvalue weighted by Crippen LogP contribution is 2.23. The summed E-state index contributed by atoms with van der Waals surface area (Å²) >= 11 is 7.38. The molecule has 0 aliphatic carbocycles. The van der Waals surface area contributed by atoms with Crippen molar-refractivity contribution in [3.63, 3.8) is 0 Å². The summed E-state index contributed by atoms with van der Waals surface area (Å²) in [4.78, 5) is 11.8. The number of thioether (sulfide) groups is 1. The van der Waals surface area contributed by atoms with E-state index in [2.05, 4.69) is 15.5 Å². The van der Waals surface area contributed by atoms with E-state index >= 15 is 0 Å². The van der Waals surface area contributed by atoms with Gasteiger partial charge < -0.3 is 15.6 Å². The maximum atomic E-state index is 11.8. The van der Waals surface area contributed by atoms with Crippen LogP contribution in [0.2, 0.25) is 5.02 Å². The molecule has 0 saturated carbocycles. The Morgan fingerprint density at radius 3 is 3.00 bits per heavy atom. The van der Waals surface area contributed by atoms with Crippen LogP contribution in [0, 0.1) is 0 Å². The van der Waals surface area contributed by atoms with E-state index in [-0.39, 0.29) is 5.91 Å². The third kappa shape index (κ3) is 4.64. The average molecular weight is 326 g/mol. The van der Waals surface area contributed by atoms with E-state index in [1.165, 1.54) is 0 Å². The molecular formula is C13H16ClN5OS. The number of halogens is 1. The number of nitrogens with two attached hydrogens (primary N) is 1. The van der Waals surface area contributed by atoms with E-state index in [4.69, 9.17) is 17.3 Å². The molecule has 8 heteroatoms. The monoisotopic (exact) mass is 325 g/mol. The van der Waals surface area contributed by atoms with Crippen molar-refractivity contribution in [3.05, 3.63) is 29.5 Å². The van der Waals surface area contributed by atoms with Gasteiger partial charge in [0.15, 0.2) is 5.16 Å². The van der Waals surface area contributed by atoms with Gasteiger partial charge in [-0.25, -0.2) is 0 Å². The fourth-order valence-electron chi connectivity index (χ4n) is 1.66. The highest BCUT2D eigenvalue weighted by molar-refractivity contribution is 7.99. The Kier molecular flexibility index (Phi) is 5.46. The number of nitrogens with one attached hydrogen (secondary N) is 1. The zero-order valence-corrected chi connectivity index (χ0v) is 13.1. The molecule has 1 aromatic heterocycles. The second kappa shape index (κ2) is 7.33. The van der Waals surface area contributed by atoms with Crippen LogP contribution in [0.15, 0.2) is 29.7 Å². The number of carbonyl (C=O) groups is 1. The predicted molar refractivity (Wildman–Crippen MR) is 85.5 cm³/mol. The van der Waals surface area contributed by atoms with Crippen LogP contribution in [0.1, 0.15) is 12.8 Å².